The normalized spacial score (nSPS) is 19.9. The number of nitrogens with zero attached hydrogens (tertiary/aromatic N) is 2. The zero-order valence-electron chi connectivity index (χ0n) is 16.0. The second-order valence-corrected chi connectivity index (χ2v) is 7.30. The number of oxime groups is 1. The smallest absolute Gasteiger partial charge is 0.374 e. The zero-order valence-corrected chi connectivity index (χ0v) is 17.5. The molecule has 1 unspecified atom stereocenters. The summed E-state index contributed by atoms with van der Waals surface area (Å²) in [6.07, 6.45) is 0.0561. The number of allylic oxidation sites excluding steroid dienone is 3. The van der Waals surface area contributed by atoms with E-state index < -0.39 is 18.2 Å². The molecule has 1 heterocycles. The van der Waals surface area contributed by atoms with Crippen LogP contribution < -0.4 is 5.43 Å². The van der Waals surface area contributed by atoms with Crippen LogP contribution in [0.15, 0.2) is 47.3 Å². The Labute approximate surface area is 176 Å². The topological polar surface area (TPSA) is 53.9 Å². The highest BCUT2D eigenvalue weighted by atomic mass is 35.5. The average Bonchev–Trinajstić information content (AvgIpc) is 3.04. The highest BCUT2D eigenvalue weighted by Gasteiger charge is 2.62. The summed E-state index contributed by atoms with van der Waals surface area (Å²) in [7, 11) is 1.54. The largest absolute Gasteiger partial charge is 0.435 e. The van der Waals surface area contributed by atoms with E-state index in [1.165, 1.54) is 37.2 Å². The summed E-state index contributed by atoms with van der Waals surface area (Å²) < 4.78 is 41.8. The molecule has 158 valence electrons. The number of amides is 1. The Kier molecular flexibility index (Phi) is 7.24. The number of halogens is 5. The van der Waals surface area contributed by atoms with Crippen molar-refractivity contribution >= 4 is 34.8 Å². The minimum atomic E-state index is -4.75. The molecule has 1 N–H and O–H groups in total. The van der Waals surface area contributed by atoms with Crippen LogP contribution in [0.5, 0.6) is 0 Å². The van der Waals surface area contributed by atoms with Crippen molar-refractivity contribution in [2.75, 3.05) is 7.05 Å². The van der Waals surface area contributed by atoms with Crippen LogP contribution in [0.1, 0.15) is 32.3 Å². The van der Waals surface area contributed by atoms with Gasteiger partial charge in [0.1, 0.15) is 0 Å². The van der Waals surface area contributed by atoms with E-state index in [4.69, 9.17) is 28.0 Å². The van der Waals surface area contributed by atoms with Crippen LogP contribution in [0.4, 0.5) is 13.2 Å². The van der Waals surface area contributed by atoms with Gasteiger partial charge in [-0.15, -0.1) is 0 Å². The van der Waals surface area contributed by atoms with Gasteiger partial charge in [-0.1, -0.05) is 41.4 Å². The Morgan fingerprint density at radius 1 is 1.34 bits per heavy atom. The number of carbonyl (C=O) groups excluding carboxylic acids is 1. The molecule has 0 radical (unpaired) electrons. The van der Waals surface area contributed by atoms with Crippen molar-refractivity contribution in [3.8, 4) is 0 Å². The molecule has 0 saturated heterocycles. The molecular formula is C19H20Cl2F3N3O2. The van der Waals surface area contributed by atoms with Gasteiger partial charge in [0.15, 0.2) is 0 Å². The lowest BCUT2D eigenvalue weighted by Gasteiger charge is -2.29. The lowest BCUT2D eigenvalue weighted by atomic mass is 9.88. The molecule has 1 aromatic carbocycles. The first kappa shape index (κ1) is 23.1. The van der Waals surface area contributed by atoms with Gasteiger partial charge in [-0.2, -0.15) is 13.2 Å². The van der Waals surface area contributed by atoms with E-state index in [0.717, 1.165) is 12.1 Å². The summed E-state index contributed by atoms with van der Waals surface area (Å²) >= 11 is 11.8. The lowest BCUT2D eigenvalue weighted by Crippen LogP contribution is -2.42. The van der Waals surface area contributed by atoms with Crippen molar-refractivity contribution in [3.05, 3.63) is 57.7 Å². The van der Waals surface area contributed by atoms with Crippen molar-refractivity contribution in [3.63, 3.8) is 0 Å². The van der Waals surface area contributed by atoms with Crippen LogP contribution in [-0.2, 0) is 15.2 Å². The molecule has 10 heteroatoms. The molecule has 1 aromatic rings. The zero-order chi connectivity index (χ0) is 21.8. The number of hydrazine groups is 1. The Bertz CT molecular complexity index is 848. The van der Waals surface area contributed by atoms with Crippen LogP contribution >= 0.6 is 23.2 Å². The molecule has 29 heavy (non-hydrogen) atoms. The molecule has 1 atom stereocenters. The Balaban J connectivity index is 2.28. The molecule has 1 amide bonds. The highest BCUT2D eigenvalue weighted by Crippen LogP contribution is 2.49. The van der Waals surface area contributed by atoms with E-state index in [0.29, 0.717) is 12.1 Å². The van der Waals surface area contributed by atoms with Gasteiger partial charge in [-0.25, -0.2) is 0 Å². The minimum absolute atomic E-state index is 0.0633. The number of hydrogen-bond donors (Lipinski definition) is 1. The SMILES string of the molecule is CC/C=C(\C=C\C1=NOC(c2cc(Cl)cc(Cl)c2)(C(F)(F)F)C1)NN(C)C(C)=O. The maximum absolute atomic E-state index is 13.9. The van der Waals surface area contributed by atoms with E-state index in [1.807, 2.05) is 6.92 Å². The second-order valence-electron chi connectivity index (χ2n) is 6.42. The second kappa shape index (κ2) is 9.09. The van der Waals surface area contributed by atoms with Crippen molar-refractivity contribution in [2.24, 2.45) is 5.16 Å². The summed E-state index contributed by atoms with van der Waals surface area (Å²) in [5, 5.41) is 5.01. The molecule has 0 spiro atoms. The summed E-state index contributed by atoms with van der Waals surface area (Å²) in [6, 6.07) is 3.66. The fourth-order valence-electron chi connectivity index (χ4n) is 2.63. The predicted octanol–water partition coefficient (Wildman–Crippen LogP) is 5.36. The first-order valence-electron chi connectivity index (χ1n) is 8.66. The van der Waals surface area contributed by atoms with Crippen molar-refractivity contribution in [2.45, 2.75) is 38.5 Å². The third-order valence-corrected chi connectivity index (χ3v) is 4.62. The third kappa shape index (κ3) is 5.45. The Morgan fingerprint density at radius 3 is 2.48 bits per heavy atom. The number of nitrogens with one attached hydrogen (secondary N) is 1. The van der Waals surface area contributed by atoms with E-state index in [-0.39, 0.29) is 27.2 Å². The first-order chi connectivity index (χ1) is 13.5. The Hall–Kier alpha value is -2.19. The number of hydrogen-bond acceptors (Lipinski definition) is 4. The number of alkyl halides is 3. The van der Waals surface area contributed by atoms with Crippen molar-refractivity contribution in [1.82, 2.24) is 10.4 Å². The summed E-state index contributed by atoms with van der Waals surface area (Å²) in [5.41, 5.74) is 0.542. The molecule has 1 aliphatic heterocycles. The minimum Gasteiger partial charge on any atom is -0.374 e. The maximum atomic E-state index is 13.9. The van der Waals surface area contributed by atoms with E-state index in [2.05, 4.69) is 10.6 Å². The number of rotatable bonds is 6. The molecule has 0 bridgehead atoms. The summed E-state index contributed by atoms with van der Waals surface area (Å²) in [6.45, 7) is 3.26. The van der Waals surface area contributed by atoms with Crippen molar-refractivity contribution in [1.29, 1.82) is 0 Å². The lowest BCUT2D eigenvalue weighted by molar-refractivity contribution is -0.275. The molecule has 5 nitrogen and oxygen atoms in total. The van der Waals surface area contributed by atoms with Crippen LogP contribution in [0.2, 0.25) is 10.0 Å². The highest BCUT2D eigenvalue weighted by molar-refractivity contribution is 6.34. The van der Waals surface area contributed by atoms with E-state index in [1.54, 1.807) is 6.08 Å². The van der Waals surface area contributed by atoms with Gasteiger partial charge >= 0.3 is 6.18 Å². The average molecular weight is 450 g/mol. The quantitative estimate of drug-likeness (QED) is 0.469. The first-order valence-corrected chi connectivity index (χ1v) is 9.41. The fraction of sp³-hybridized carbons (Fsp3) is 0.368. The summed E-state index contributed by atoms with van der Waals surface area (Å²) in [5.74, 6) is -0.226. The van der Waals surface area contributed by atoms with E-state index in [9.17, 15) is 18.0 Å². The molecule has 0 fully saturated rings. The summed E-state index contributed by atoms with van der Waals surface area (Å²) in [4.78, 5) is 16.3. The fourth-order valence-corrected chi connectivity index (χ4v) is 3.16. The predicted molar refractivity (Wildman–Crippen MR) is 106 cm³/mol. The van der Waals surface area contributed by atoms with Crippen LogP contribution in [0.25, 0.3) is 0 Å². The van der Waals surface area contributed by atoms with Gasteiger partial charge < -0.3 is 4.84 Å². The third-order valence-electron chi connectivity index (χ3n) is 4.18. The number of carbonyl (C=O) groups is 1. The maximum Gasteiger partial charge on any atom is 0.435 e. The van der Waals surface area contributed by atoms with Gasteiger partial charge in [0.25, 0.3) is 5.60 Å². The van der Waals surface area contributed by atoms with Crippen LogP contribution in [0, 0.1) is 0 Å². The molecule has 0 saturated carbocycles. The molecular weight excluding hydrogens is 430 g/mol. The van der Waals surface area contributed by atoms with Gasteiger partial charge in [0.05, 0.1) is 11.4 Å². The monoisotopic (exact) mass is 449 g/mol. The van der Waals surface area contributed by atoms with Gasteiger partial charge in [0, 0.05) is 36.0 Å². The Morgan fingerprint density at radius 2 is 1.97 bits per heavy atom. The molecule has 1 aliphatic rings. The van der Waals surface area contributed by atoms with E-state index >= 15 is 0 Å². The number of benzene rings is 1. The standard InChI is InChI=1S/C19H20Cl2F3N3O2/c1-4-5-16(25-27(3)12(2)28)6-7-17-11-18(29-26-17,19(22,23)24)13-8-14(20)10-15(21)9-13/h5-10,25H,4,11H2,1-3H3/b7-6+,16-5+. The van der Waals surface area contributed by atoms with Gasteiger partial charge in [-0.3, -0.25) is 15.2 Å². The van der Waals surface area contributed by atoms with Crippen LogP contribution in [0.3, 0.4) is 0 Å². The molecule has 2 rings (SSSR count). The van der Waals surface area contributed by atoms with Gasteiger partial charge in [0.2, 0.25) is 5.91 Å². The molecule has 0 aromatic heterocycles. The van der Waals surface area contributed by atoms with Crippen molar-refractivity contribution < 1.29 is 22.8 Å². The molecule has 0 aliphatic carbocycles. The van der Waals surface area contributed by atoms with Gasteiger partial charge in [-0.05, 0) is 36.8 Å². The van der Waals surface area contributed by atoms with Crippen LogP contribution in [-0.4, -0.2) is 29.9 Å².